The average molecular weight is 368 g/mol. The van der Waals surface area contributed by atoms with E-state index in [4.69, 9.17) is 9.47 Å². The van der Waals surface area contributed by atoms with Gasteiger partial charge in [-0.25, -0.2) is 0 Å². The lowest BCUT2D eigenvalue weighted by molar-refractivity contribution is -0.120. The predicted molar refractivity (Wildman–Crippen MR) is 108 cm³/mol. The third kappa shape index (κ3) is 4.80. The second-order valence-electron chi connectivity index (χ2n) is 7.34. The minimum atomic E-state index is -0.261. The van der Waals surface area contributed by atoms with E-state index in [1.54, 1.807) is 0 Å². The number of anilines is 1. The number of nitrogens with one attached hydrogen (secondary N) is 1. The van der Waals surface area contributed by atoms with E-state index in [1.807, 2.05) is 37.1 Å². The van der Waals surface area contributed by atoms with Gasteiger partial charge in [0.25, 0.3) is 0 Å². The number of ether oxygens (including phenoxy) is 2. The third-order valence-corrected chi connectivity index (χ3v) is 4.93. The molecule has 0 aliphatic carbocycles. The Morgan fingerprint density at radius 1 is 1.04 bits per heavy atom. The highest BCUT2D eigenvalue weighted by molar-refractivity contribution is 5.94. The molecule has 1 aliphatic heterocycles. The molecule has 0 fully saturated rings. The van der Waals surface area contributed by atoms with Crippen LogP contribution in [-0.4, -0.2) is 37.1 Å². The lowest BCUT2D eigenvalue weighted by atomic mass is 10.0. The Morgan fingerprint density at radius 3 is 2.37 bits per heavy atom. The lowest BCUT2D eigenvalue weighted by Gasteiger charge is -2.24. The van der Waals surface area contributed by atoms with E-state index in [0.717, 1.165) is 0 Å². The number of likely N-dealkylation sites (N-methyl/N-ethyl adjacent to an activating group) is 1. The fraction of sp³-hybridized carbons (Fsp3) is 0.409. The molecule has 5 heteroatoms. The van der Waals surface area contributed by atoms with E-state index in [2.05, 4.69) is 43.4 Å². The summed E-state index contributed by atoms with van der Waals surface area (Å²) in [7, 11) is 1.96. The van der Waals surface area contributed by atoms with E-state index in [9.17, 15) is 4.79 Å². The van der Waals surface area contributed by atoms with Gasteiger partial charge in [0.05, 0.1) is 6.04 Å². The van der Waals surface area contributed by atoms with Gasteiger partial charge in [-0.05, 0) is 43.1 Å². The van der Waals surface area contributed by atoms with Crippen LogP contribution in [0.15, 0.2) is 42.5 Å². The van der Waals surface area contributed by atoms with Gasteiger partial charge < -0.3 is 14.8 Å². The van der Waals surface area contributed by atoms with E-state index in [0.29, 0.717) is 42.9 Å². The maximum atomic E-state index is 12.6. The first kappa shape index (κ1) is 19.2. The Bertz CT molecular complexity index is 787. The molecule has 144 valence electrons. The van der Waals surface area contributed by atoms with Crippen LogP contribution in [0.5, 0.6) is 11.5 Å². The summed E-state index contributed by atoms with van der Waals surface area (Å²) in [6.07, 6.45) is 0. The number of benzene rings is 2. The fourth-order valence-electron chi connectivity index (χ4n) is 3.00. The highest BCUT2D eigenvalue weighted by Gasteiger charge is 2.19. The normalized spacial score (nSPS) is 14.3. The van der Waals surface area contributed by atoms with Crippen LogP contribution in [0.2, 0.25) is 0 Å². The number of nitrogens with zero attached hydrogens (tertiary/aromatic N) is 1. The Kier molecular flexibility index (Phi) is 6.01. The van der Waals surface area contributed by atoms with Crippen molar-refractivity contribution in [2.45, 2.75) is 39.3 Å². The Morgan fingerprint density at radius 2 is 1.70 bits per heavy atom. The van der Waals surface area contributed by atoms with Gasteiger partial charge >= 0.3 is 0 Å². The molecule has 27 heavy (non-hydrogen) atoms. The Balaban J connectivity index is 1.59. The Hall–Kier alpha value is -2.53. The summed E-state index contributed by atoms with van der Waals surface area (Å²) in [6, 6.07) is 13.8. The number of carbonyl (C=O) groups excluding carboxylic acids is 1. The minimum Gasteiger partial charge on any atom is -0.486 e. The van der Waals surface area contributed by atoms with Crippen LogP contribution < -0.4 is 14.8 Å². The molecule has 2 aromatic rings. The third-order valence-electron chi connectivity index (χ3n) is 4.93. The van der Waals surface area contributed by atoms with Crippen molar-refractivity contribution in [1.82, 2.24) is 4.90 Å². The molecule has 0 aromatic heterocycles. The summed E-state index contributed by atoms with van der Waals surface area (Å²) >= 11 is 0. The van der Waals surface area contributed by atoms with Gasteiger partial charge in [0.2, 0.25) is 5.91 Å². The molecule has 1 atom stereocenters. The summed E-state index contributed by atoms with van der Waals surface area (Å²) in [5.74, 6) is 1.86. The second kappa shape index (κ2) is 8.44. The summed E-state index contributed by atoms with van der Waals surface area (Å²) in [5, 5.41) is 2.97. The van der Waals surface area contributed by atoms with Crippen LogP contribution >= 0.6 is 0 Å². The van der Waals surface area contributed by atoms with Crippen LogP contribution in [0, 0.1) is 0 Å². The minimum absolute atomic E-state index is 0.0482. The average Bonchev–Trinajstić information content (AvgIpc) is 2.67. The molecule has 2 aromatic carbocycles. The molecule has 1 amide bonds. The van der Waals surface area contributed by atoms with Crippen molar-refractivity contribution < 1.29 is 14.3 Å². The zero-order valence-corrected chi connectivity index (χ0v) is 16.5. The summed E-state index contributed by atoms with van der Waals surface area (Å²) in [5.41, 5.74) is 3.23. The molecule has 1 N–H and O–H groups in total. The van der Waals surface area contributed by atoms with Crippen molar-refractivity contribution in [1.29, 1.82) is 0 Å². The molecule has 5 nitrogen and oxygen atoms in total. The molecule has 1 heterocycles. The first-order valence-corrected chi connectivity index (χ1v) is 9.43. The lowest BCUT2D eigenvalue weighted by Crippen LogP contribution is -2.39. The molecule has 0 spiro atoms. The standard InChI is InChI=1S/C22H28N2O3/c1-15(2)18-7-5-17(6-8-18)14-24(4)16(3)22(25)23-19-9-10-20-21(13-19)27-12-11-26-20/h5-10,13,15-16H,11-12,14H2,1-4H3,(H,23,25)/t16-/m0/s1. The van der Waals surface area contributed by atoms with Gasteiger partial charge in [-0.1, -0.05) is 38.1 Å². The van der Waals surface area contributed by atoms with Crippen LogP contribution in [0.3, 0.4) is 0 Å². The number of rotatable bonds is 6. The highest BCUT2D eigenvalue weighted by Crippen LogP contribution is 2.32. The van der Waals surface area contributed by atoms with Crippen molar-refractivity contribution in [2.75, 3.05) is 25.6 Å². The van der Waals surface area contributed by atoms with Crippen LogP contribution in [0.4, 0.5) is 5.69 Å². The molecule has 0 bridgehead atoms. The van der Waals surface area contributed by atoms with Gasteiger partial charge in [-0.3, -0.25) is 9.69 Å². The van der Waals surface area contributed by atoms with Gasteiger partial charge in [-0.2, -0.15) is 0 Å². The number of hydrogen-bond donors (Lipinski definition) is 1. The van der Waals surface area contributed by atoms with Crippen LogP contribution in [-0.2, 0) is 11.3 Å². The van der Waals surface area contributed by atoms with E-state index < -0.39 is 0 Å². The maximum absolute atomic E-state index is 12.6. The molecule has 0 saturated carbocycles. The molecule has 3 rings (SSSR count). The molecular formula is C22H28N2O3. The van der Waals surface area contributed by atoms with Crippen molar-refractivity contribution in [3.05, 3.63) is 53.6 Å². The molecular weight excluding hydrogens is 340 g/mol. The maximum Gasteiger partial charge on any atom is 0.241 e. The van der Waals surface area contributed by atoms with E-state index >= 15 is 0 Å². The topological polar surface area (TPSA) is 50.8 Å². The smallest absolute Gasteiger partial charge is 0.241 e. The zero-order chi connectivity index (χ0) is 19.4. The largest absolute Gasteiger partial charge is 0.486 e. The van der Waals surface area contributed by atoms with Gasteiger partial charge in [0.1, 0.15) is 13.2 Å². The highest BCUT2D eigenvalue weighted by atomic mass is 16.6. The number of fused-ring (bicyclic) bond motifs is 1. The Labute approximate surface area is 161 Å². The van der Waals surface area contributed by atoms with E-state index in [-0.39, 0.29) is 11.9 Å². The second-order valence-corrected chi connectivity index (χ2v) is 7.34. The summed E-state index contributed by atoms with van der Waals surface area (Å²) in [4.78, 5) is 14.7. The van der Waals surface area contributed by atoms with Crippen molar-refractivity contribution >= 4 is 11.6 Å². The van der Waals surface area contributed by atoms with Crippen LogP contribution in [0.1, 0.15) is 37.8 Å². The zero-order valence-electron chi connectivity index (χ0n) is 16.5. The van der Waals surface area contributed by atoms with Gasteiger partial charge in [-0.15, -0.1) is 0 Å². The van der Waals surface area contributed by atoms with Crippen molar-refractivity contribution in [2.24, 2.45) is 0 Å². The van der Waals surface area contributed by atoms with Crippen molar-refractivity contribution in [3.8, 4) is 11.5 Å². The first-order chi connectivity index (χ1) is 12.9. The molecule has 0 unspecified atom stereocenters. The molecule has 0 saturated heterocycles. The predicted octanol–water partition coefficient (Wildman–Crippen LogP) is 4.04. The van der Waals surface area contributed by atoms with Gasteiger partial charge in [0.15, 0.2) is 11.5 Å². The number of carbonyl (C=O) groups is 1. The first-order valence-electron chi connectivity index (χ1n) is 9.43. The summed E-state index contributed by atoms with van der Waals surface area (Å²) < 4.78 is 11.1. The number of hydrogen-bond acceptors (Lipinski definition) is 4. The molecule has 1 aliphatic rings. The van der Waals surface area contributed by atoms with Crippen LogP contribution in [0.25, 0.3) is 0 Å². The monoisotopic (exact) mass is 368 g/mol. The summed E-state index contributed by atoms with van der Waals surface area (Å²) in [6.45, 7) is 8.08. The SMILES string of the molecule is CC(C)c1ccc(CN(C)[C@@H](C)C(=O)Nc2ccc3c(c2)OCCO3)cc1. The fourth-order valence-corrected chi connectivity index (χ4v) is 3.00. The van der Waals surface area contributed by atoms with E-state index in [1.165, 1.54) is 11.1 Å². The quantitative estimate of drug-likeness (QED) is 0.836. The van der Waals surface area contributed by atoms with Crippen molar-refractivity contribution in [3.63, 3.8) is 0 Å². The molecule has 0 radical (unpaired) electrons. The number of amides is 1. The van der Waals surface area contributed by atoms with Gasteiger partial charge in [0, 0.05) is 18.3 Å².